The van der Waals surface area contributed by atoms with Gasteiger partial charge in [-0.15, -0.1) is 0 Å². The summed E-state index contributed by atoms with van der Waals surface area (Å²) in [5.74, 6) is 0.793. The molecule has 0 saturated carbocycles. The first kappa shape index (κ1) is 8.53. The molecule has 1 aliphatic rings. The van der Waals surface area contributed by atoms with E-state index in [0.717, 1.165) is 11.3 Å². The number of aliphatic hydroxyl groups excluding tert-OH is 1. The lowest BCUT2D eigenvalue weighted by Crippen LogP contribution is -2.40. The molecule has 2 rings (SSSR count). The first-order valence-electron chi connectivity index (χ1n) is 4.40. The van der Waals surface area contributed by atoms with Crippen LogP contribution in [0, 0.1) is 0 Å². The highest BCUT2D eigenvalue weighted by molar-refractivity contribution is 5.37. The summed E-state index contributed by atoms with van der Waals surface area (Å²) in [6, 6.07) is 7.58. The zero-order valence-corrected chi connectivity index (χ0v) is 7.53. The van der Waals surface area contributed by atoms with Crippen molar-refractivity contribution in [2.75, 3.05) is 13.7 Å². The summed E-state index contributed by atoms with van der Waals surface area (Å²) < 4.78 is 5.47. The zero-order valence-electron chi connectivity index (χ0n) is 7.53. The number of rotatable bonds is 1. The summed E-state index contributed by atoms with van der Waals surface area (Å²) in [4.78, 5) is 0. The number of aliphatic hydroxyl groups is 1. The predicted molar refractivity (Wildman–Crippen MR) is 49.7 cm³/mol. The molecule has 1 aliphatic heterocycles. The van der Waals surface area contributed by atoms with Gasteiger partial charge in [-0.2, -0.15) is 0 Å². The lowest BCUT2D eigenvalue weighted by Gasteiger charge is -2.29. The fraction of sp³-hybridized carbons (Fsp3) is 0.400. The Morgan fingerprint density at radius 1 is 1.46 bits per heavy atom. The third kappa shape index (κ3) is 1.41. The zero-order chi connectivity index (χ0) is 9.26. The third-order valence-corrected chi connectivity index (χ3v) is 2.41. The van der Waals surface area contributed by atoms with E-state index in [-0.39, 0.29) is 6.04 Å². The molecule has 0 saturated heterocycles. The lowest BCUT2D eigenvalue weighted by molar-refractivity contribution is 0.0774. The number of hydrogen-bond donors (Lipinski definition) is 2. The molecule has 3 heteroatoms. The van der Waals surface area contributed by atoms with E-state index in [1.807, 2.05) is 31.3 Å². The summed E-state index contributed by atoms with van der Waals surface area (Å²) in [6.45, 7) is 0.523. The summed E-state index contributed by atoms with van der Waals surface area (Å²) in [5, 5.41) is 12.9. The van der Waals surface area contributed by atoms with Gasteiger partial charge in [0.05, 0.1) is 6.04 Å². The number of fused-ring (bicyclic) bond motifs is 1. The van der Waals surface area contributed by atoms with Crippen LogP contribution in [-0.4, -0.2) is 24.8 Å². The molecule has 0 aliphatic carbocycles. The first-order chi connectivity index (χ1) is 6.33. The Labute approximate surface area is 77.3 Å². The van der Waals surface area contributed by atoms with Gasteiger partial charge >= 0.3 is 0 Å². The van der Waals surface area contributed by atoms with Gasteiger partial charge in [-0.1, -0.05) is 18.2 Å². The van der Waals surface area contributed by atoms with Gasteiger partial charge in [-0.3, -0.25) is 0 Å². The van der Waals surface area contributed by atoms with E-state index in [1.54, 1.807) is 0 Å². The van der Waals surface area contributed by atoms with Crippen molar-refractivity contribution in [2.24, 2.45) is 0 Å². The normalized spacial score (nSPS) is 26.3. The minimum absolute atomic E-state index is 0.00472. The second-order valence-corrected chi connectivity index (χ2v) is 3.19. The Hall–Kier alpha value is -1.06. The maximum atomic E-state index is 9.88. The Balaban J connectivity index is 2.33. The van der Waals surface area contributed by atoms with Crippen LogP contribution in [0.5, 0.6) is 5.75 Å². The molecule has 1 aromatic rings. The summed E-state index contributed by atoms with van der Waals surface area (Å²) in [6.07, 6.45) is -0.463. The number of para-hydroxylation sites is 1. The summed E-state index contributed by atoms with van der Waals surface area (Å²) >= 11 is 0. The molecule has 0 radical (unpaired) electrons. The van der Waals surface area contributed by atoms with Crippen LogP contribution < -0.4 is 10.1 Å². The smallest absolute Gasteiger partial charge is 0.125 e. The van der Waals surface area contributed by atoms with Crippen LogP contribution in [0.4, 0.5) is 0 Å². The molecule has 2 atom stereocenters. The van der Waals surface area contributed by atoms with E-state index in [1.165, 1.54) is 0 Å². The van der Waals surface area contributed by atoms with Gasteiger partial charge in [0, 0.05) is 5.56 Å². The van der Waals surface area contributed by atoms with Crippen LogP contribution in [0.15, 0.2) is 24.3 Å². The van der Waals surface area contributed by atoms with E-state index < -0.39 is 6.10 Å². The van der Waals surface area contributed by atoms with Crippen LogP contribution in [0.3, 0.4) is 0 Å². The SMILES string of the molecule is CNC1COc2ccccc2C1O. The van der Waals surface area contributed by atoms with Crippen LogP contribution in [0.25, 0.3) is 0 Å². The van der Waals surface area contributed by atoms with Crippen molar-refractivity contribution in [2.45, 2.75) is 12.1 Å². The average molecular weight is 179 g/mol. The molecule has 0 spiro atoms. The second-order valence-electron chi connectivity index (χ2n) is 3.19. The van der Waals surface area contributed by atoms with Gasteiger partial charge in [-0.05, 0) is 13.1 Å². The molecule has 1 aromatic carbocycles. The van der Waals surface area contributed by atoms with E-state index in [0.29, 0.717) is 6.61 Å². The average Bonchev–Trinajstić information content (AvgIpc) is 2.19. The second kappa shape index (κ2) is 3.36. The van der Waals surface area contributed by atoms with Crippen molar-refractivity contribution in [3.63, 3.8) is 0 Å². The maximum absolute atomic E-state index is 9.88. The number of hydrogen-bond acceptors (Lipinski definition) is 3. The molecule has 2 unspecified atom stereocenters. The van der Waals surface area contributed by atoms with Gasteiger partial charge in [0.25, 0.3) is 0 Å². The van der Waals surface area contributed by atoms with Crippen LogP contribution >= 0.6 is 0 Å². The molecule has 0 bridgehead atoms. The standard InChI is InChI=1S/C10H13NO2/c1-11-8-6-13-9-5-3-2-4-7(9)10(8)12/h2-5,8,10-12H,6H2,1H3. The van der Waals surface area contributed by atoms with Crippen molar-refractivity contribution >= 4 is 0 Å². The van der Waals surface area contributed by atoms with Crippen LogP contribution in [0.1, 0.15) is 11.7 Å². The maximum Gasteiger partial charge on any atom is 0.125 e. The highest BCUT2D eigenvalue weighted by Crippen LogP contribution is 2.31. The van der Waals surface area contributed by atoms with Gasteiger partial charge in [0.2, 0.25) is 0 Å². The largest absolute Gasteiger partial charge is 0.491 e. The molecular weight excluding hydrogens is 166 g/mol. The van der Waals surface area contributed by atoms with Crippen molar-refractivity contribution < 1.29 is 9.84 Å². The lowest BCUT2D eigenvalue weighted by atomic mass is 9.99. The molecule has 0 amide bonds. The quantitative estimate of drug-likeness (QED) is 0.666. The van der Waals surface area contributed by atoms with E-state index in [4.69, 9.17) is 4.74 Å². The van der Waals surface area contributed by atoms with Gasteiger partial charge in [-0.25, -0.2) is 0 Å². The highest BCUT2D eigenvalue weighted by atomic mass is 16.5. The Kier molecular flexibility index (Phi) is 2.20. The van der Waals surface area contributed by atoms with E-state index in [9.17, 15) is 5.11 Å². The van der Waals surface area contributed by atoms with E-state index in [2.05, 4.69) is 5.32 Å². The van der Waals surface area contributed by atoms with Crippen molar-refractivity contribution in [1.82, 2.24) is 5.32 Å². The fourth-order valence-electron chi connectivity index (χ4n) is 1.58. The molecule has 13 heavy (non-hydrogen) atoms. The van der Waals surface area contributed by atoms with E-state index >= 15 is 0 Å². The van der Waals surface area contributed by atoms with Crippen molar-refractivity contribution in [3.8, 4) is 5.75 Å². The van der Waals surface area contributed by atoms with Crippen LogP contribution in [-0.2, 0) is 0 Å². The van der Waals surface area contributed by atoms with Crippen molar-refractivity contribution in [1.29, 1.82) is 0 Å². The Bertz CT molecular complexity index is 301. The third-order valence-electron chi connectivity index (χ3n) is 2.41. The molecule has 1 heterocycles. The molecule has 2 N–H and O–H groups in total. The first-order valence-corrected chi connectivity index (χ1v) is 4.40. The fourth-order valence-corrected chi connectivity index (χ4v) is 1.58. The van der Waals surface area contributed by atoms with Crippen LogP contribution in [0.2, 0.25) is 0 Å². The minimum atomic E-state index is -0.463. The van der Waals surface area contributed by atoms with Gasteiger partial charge in [0.15, 0.2) is 0 Å². The molecule has 70 valence electrons. The minimum Gasteiger partial charge on any atom is -0.491 e. The van der Waals surface area contributed by atoms with Gasteiger partial charge < -0.3 is 15.2 Å². The number of likely N-dealkylation sites (N-methyl/N-ethyl adjacent to an activating group) is 1. The molecular formula is C10H13NO2. The monoisotopic (exact) mass is 179 g/mol. The molecule has 3 nitrogen and oxygen atoms in total. The summed E-state index contributed by atoms with van der Waals surface area (Å²) in [5.41, 5.74) is 0.869. The Morgan fingerprint density at radius 2 is 2.23 bits per heavy atom. The number of nitrogens with one attached hydrogen (secondary N) is 1. The number of ether oxygens (including phenoxy) is 1. The molecule has 0 aromatic heterocycles. The summed E-state index contributed by atoms with van der Waals surface area (Å²) in [7, 11) is 1.82. The van der Waals surface area contributed by atoms with Crippen molar-refractivity contribution in [3.05, 3.63) is 29.8 Å². The highest BCUT2D eigenvalue weighted by Gasteiger charge is 2.27. The predicted octanol–water partition coefficient (Wildman–Crippen LogP) is 0.700. The molecule has 0 fully saturated rings. The Morgan fingerprint density at radius 3 is 3.00 bits per heavy atom. The van der Waals surface area contributed by atoms with Gasteiger partial charge in [0.1, 0.15) is 18.5 Å². The topological polar surface area (TPSA) is 41.5 Å². The number of benzene rings is 1.